The molecule has 4 atom stereocenters. The van der Waals surface area contributed by atoms with Gasteiger partial charge in [-0.1, -0.05) is 46.5 Å². The molecule has 1 heteroatoms. The lowest BCUT2D eigenvalue weighted by molar-refractivity contribution is 0.191. The van der Waals surface area contributed by atoms with Gasteiger partial charge < -0.3 is 5.73 Å². The van der Waals surface area contributed by atoms with Gasteiger partial charge in [0, 0.05) is 6.04 Å². The Morgan fingerprint density at radius 2 is 1.94 bits per heavy atom. The summed E-state index contributed by atoms with van der Waals surface area (Å²) in [5.74, 6) is 2.66. The van der Waals surface area contributed by atoms with E-state index in [-0.39, 0.29) is 0 Å². The average molecular weight is 225 g/mol. The van der Waals surface area contributed by atoms with E-state index in [4.69, 9.17) is 5.73 Å². The third kappa shape index (κ3) is 4.45. The molecule has 2 N–H and O–H groups in total. The molecule has 1 nitrogen and oxygen atoms in total. The van der Waals surface area contributed by atoms with Crippen LogP contribution in [0.3, 0.4) is 0 Å². The maximum absolute atomic E-state index is 6.28. The zero-order valence-corrected chi connectivity index (χ0v) is 11.5. The van der Waals surface area contributed by atoms with Gasteiger partial charge in [-0.05, 0) is 43.4 Å². The molecule has 96 valence electrons. The highest BCUT2D eigenvalue weighted by molar-refractivity contribution is 4.83. The van der Waals surface area contributed by atoms with Crippen LogP contribution in [0.5, 0.6) is 0 Å². The van der Waals surface area contributed by atoms with Gasteiger partial charge in [0.25, 0.3) is 0 Å². The van der Waals surface area contributed by atoms with Gasteiger partial charge in [-0.15, -0.1) is 0 Å². The fourth-order valence-electron chi connectivity index (χ4n) is 3.45. The lowest BCUT2D eigenvalue weighted by Crippen LogP contribution is -2.37. The fourth-order valence-corrected chi connectivity index (χ4v) is 3.45. The van der Waals surface area contributed by atoms with Gasteiger partial charge in [-0.2, -0.15) is 0 Å². The third-order valence-corrected chi connectivity index (χ3v) is 4.33. The van der Waals surface area contributed by atoms with Crippen molar-refractivity contribution in [2.75, 3.05) is 0 Å². The first-order valence-corrected chi connectivity index (χ1v) is 7.42. The zero-order valence-electron chi connectivity index (χ0n) is 11.5. The van der Waals surface area contributed by atoms with E-state index in [9.17, 15) is 0 Å². The van der Waals surface area contributed by atoms with Crippen molar-refractivity contribution < 1.29 is 0 Å². The molecule has 0 amide bonds. The fraction of sp³-hybridized carbons (Fsp3) is 1.00. The van der Waals surface area contributed by atoms with E-state index in [0.29, 0.717) is 6.04 Å². The number of rotatable bonds is 6. The van der Waals surface area contributed by atoms with Crippen molar-refractivity contribution in [2.45, 2.75) is 78.2 Å². The zero-order chi connectivity index (χ0) is 12.0. The van der Waals surface area contributed by atoms with Gasteiger partial charge in [0.2, 0.25) is 0 Å². The molecule has 0 aliphatic heterocycles. The van der Waals surface area contributed by atoms with E-state index >= 15 is 0 Å². The Labute approximate surface area is 102 Å². The first-order valence-electron chi connectivity index (χ1n) is 7.42. The van der Waals surface area contributed by atoms with Crippen LogP contribution in [0, 0.1) is 17.8 Å². The summed E-state index contributed by atoms with van der Waals surface area (Å²) in [6.07, 6.45) is 10.9. The predicted octanol–water partition coefficient (Wildman–Crippen LogP) is 4.36. The number of hydrogen-bond donors (Lipinski definition) is 1. The molecule has 0 bridgehead atoms. The van der Waals surface area contributed by atoms with E-state index in [1.807, 2.05) is 0 Å². The predicted molar refractivity (Wildman–Crippen MR) is 72.4 cm³/mol. The van der Waals surface area contributed by atoms with Crippen molar-refractivity contribution in [2.24, 2.45) is 23.5 Å². The molecule has 0 saturated heterocycles. The number of nitrogens with two attached hydrogens (primary N) is 1. The summed E-state index contributed by atoms with van der Waals surface area (Å²) in [5.41, 5.74) is 6.28. The standard InChI is InChI=1S/C15H31N/c1-4-6-12(3)10-14-11-13(7-5-2)8-9-15(14)16/h12-15H,4-11,16H2,1-3H3. The minimum Gasteiger partial charge on any atom is -0.327 e. The van der Waals surface area contributed by atoms with Gasteiger partial charge in [0.05, 0.1) is 0 Å². The third-order valence-electron chi connectivity index (χ3n) is 4.33. The highest BCUT2D eigenvalue weighted by Crippen LogP contribution is 2.35. The molecule has 0 aromatic rings. The van der Waals surface area contributed by atoms with Crippen LogP contribution < -0.4 is 5.73 Å². The highest BCUT2D eigenvalue weighted by atomic mass is 14.7. The van der Waals surface area contributed by atoms with Crippen molar-refractivity contribution in [3.8, 4) is 0 Å². The molecule has 1 rings (SSSR count). The van der Waals surface area contributed by atoms with Gasteiger partial charge >= 0.3 is 0 Å². The molecule has 0 spiro atoms. The Morgan fingerprint density at radius 1 is 1.19 bits per heavy atom. The van der Waals surface area contributed by atoms with Crippen LogP contribution in [0.15, 0.2) is 0 Å². The Bertz CT molecular complexity index is 176. The van der Waals surface area contributed by atoms with E-state index in [1.165, 1.54) is 51.4 Å². The molecule has 0 radical (unpaired) electrons. The minimum atomic E-state index is 0.493. The van der Waals surface area contributed by atoms with Crippen LogP contribution in [-0.4, -0.2) is 6.04 Å². The molecule has 1 fully saturated rings. The lowest BCUT2D eigenvalue weighted by Gasteiger charge is -2.35. The molecule has 16 heavy (non-hydrogen) atoms. The molecule has 1 aliphatic rings. The van der Waals surface area contributed by atoms with Crippen molar-refractivity contribution >= 4 is 0 Å². The molecule has 0 aromatic heterocycles. The SMILES string of the molecule is CCCC(C)CC1CC(CCC)CCC1N. The smallest absolute Gasteiger partial charge is 0.00674 e. The van der Waals surface area contributed by atoms with Crippen LogP contribution in [0.2, 0.25) is 0 Å². The van der Waals surface area contributed by atoms with Crippen molar-refractivity contribution in [1.29, 1.82) is 0 Å². The summed E-state index contributed by atoms with van der Waals surface area (Å²) in [7, 11) is 0. The maximum atomic E-state index is 6.28. The van der Waals surface area contributed by atoms with Crippen molar-refractivity contribution in [3.05, 3.63) is 0 Å². The molecule has 4 unspecified atom stereocenters. The summed E-state index contributed by atoms with van der Waals surface area (Å²) < 4.78 is 0. The van der Waals surface area contributed by atoms with Crippen LogP contribution in [0.25, 0.3) is 0 Å². The van der Waals surface area contributed by atoms with E-state index in [2.05, 4.69) is 20.8 Å². The Kier molecular flexibility index (Phi) is 6.41. The quantitative estimate of drug-likeness (QED) is 0.714. The summed E-state index contributed by atoms with van der Waals surface area (Å²) in [5, 5.41) is 0. The highest BCUT2D eigenvalue weighted by Gasteiger charge is 2.28. The minimum absolute atomic E-state index is 0.493. The molecular formula is C15H31N. The van der Waals surface area contributed by atoms with Gasteiger partial charge in [-0.25, -0.2) is 0 Å². The second-order valence-corrected chi connectivity index (χ2v) is 6.02. The summed E-state index contributed by atoms with van der Waals surface area (Å²) in [6, 6.07) is 0.493. The Hall–Kier alpha value is -0.0400. The molecule has 0 heterocycles. The van der Waals surface area contributed by atoms with Crippen molar-refractivity contribution in [3.63, 3.8) is 0 Å². The van der Waals surface area contributed by atoms with Gasteiger partial charge in [0.1, 0.15) is 0 Å². The first-order chi connectivity index (χ1) is 7.67. The Morgan fingerprint density at radius 3 is 2.56 bits per heavy atom. The average Bonchev–Trinajstić information content (AvgIpc) is 2.24. The maximum Gasteiger partial charge on any atom is 0.00674 e. The first kappa shape index (κ1) is 14.0. The molecule has 1 aliphatic carbocycles. The lowest BCUT2D eigenvalue weighted by atomic mass is 9.73. The largest absolute Gasteiger partial charge is 0.327 e. The van der Waals surface area contributed by atoms with Crippen LogP contribution in [-0.2, 0) is 0 Å². The van der Waals surface area contributed by atoms with Gasteiger partial charge in [-0.3, -0.25) is 0 Å². The molecule has 0 aromatic carbocycles. The van der Waals surface area contributed by atoms with Crippen LogP contribution >= 0.6 is 0 Å². The normalized spacial score (nSPS) is 32.6. The van der Waals surface area contributed by atoms with E-state index < -0.39 is 0 Å². The van der Waals surface area contributed by atoms with Crippen LogP contribution in [0.4, 0.5) is 0 Å². The van der Waals surface area contributed by atoms with E-state index in [1.54, 1.807) is 0 Å². The van der Waals surface area contributed by atoms with Crippen molar-refractivity contribution in [1.82, 2.24) is 0 Å². The van der Waals surface area contributed by atoms with Gasteiger partial charge in [0.15, 0.2) is 0 Å². The molecular weight excluding hydrogens is 194 g/mol. The Balaban J connectivity index is 2.36. The summed E-state index contributed by atoms with van der Waals surface area (Å²) in [6.45, 7) is 7.00. The van der Waals surface area contributed by atoms with E-state index in [0.717, 1.165) is 17.8 Å². The number of hydrogen-bond acceptors (Lipinski definition) is 1. The second-order valence-electron chi connectivity index (χ2n) is 6.02. The topological polar surface area (TPSA) is 26.0 Å². The van der Waals surface area contributed by atoms with Crippen LogP contribution in [0.1, 0.15) is 72.1 Å². The monoisotopic (exact) mass is 225 g/mol. The second kappa shape index (κ2) is 7.32. The molecule has 1 saturated carbocycles. The summed E-state index contributed by atoms with van der Waals surface area (Å²) in [4.78, 5) is 0. The summed E-state index contributed by atoms with van der Waals surface area (Å²) >= 11 is 0.